The van der Waals surface area contributed by atoms with Crippen LogP contribution in [0.2, 0.25) is 0 Å². The number of anilines is 3. The zero-order valence-electron chi connectivity index (χ0n) is 16.4. The second-order valence-electron chi connectivity index (χ2n) is 6.40. The van der Waals surface area contributed by atoms with Crippen LogP contribution in [0.4, 0.5) is 17.2 Å². The molecule has 2 aromatic carbocycles. The fraction of sp³-hybridized carbons (Fsp3) is 0.182. The Balaban J connectivity index is 1.71. The molecule has 0 saturated carbocycles. The van der Waals surface area contributed by atoms with Crippen LogP contribution in [0.5, 0.6) is 11.5 Å². The molecule has 0 radical (unpaired) electrons. The summed E-state index contributed by atoms with van der Waals surface area (Å²) in [6.45, 7) is 4.08. The fourth-order valence-corrected chi connectivity index (χ4v) is 2.73. The molecule has 144 valence electrons. The summed E-state index contributed by atoms with van der Waals surface area (Å²) in [6, 6.07) is 14.9. The minimum Gasteiger partial charge on any atom is -0.493 e. The maximum atomic E-state index is 12.5. The van der Waals surface area contributed by atoms with Gasteiger partial charge in [-0.3, -0.25) is 4.79 Å². The number of nitrogens with one attached hydrogen (secondary N) is 2. The zero-order chi connectivity index (χ0) is 20.1. The first kappa shape index (κ1) is 19.2. The van der Waals surface area contributed by atoms with Crippen LogP contribution in [-0.4, -0.2) is 25.1 Å². The number of aromatic nitrogens is 1. The lowest BCUT2D eigenvalue weighted by molar-refractivity contribution is 0.102. The number of amides is 1. The van der Waals surface area contributed by atoms with E-state index >= 15 is 0 Å². The summed E-state index contributed by atoms with van der Waals surface area (Å²) in [4.78, 5) is 16.8. The smallest absolute Gasteiger partial charge is 0.257 e. The Bertz CT molecular complexity index is 985. The molecule has 1 heterocycles. The van der Waals surface area contributed by atoms with E-state index in [0.29, 0.717) is 28.6 Å². The standard InChI is InChI=1S/C22H23N3O3/c1-14-5-6-15(2)18(11-14)25-21-10-7-16(13-23-21)22(26)24-17-8-9-19(27-3)20(12-17)28-4/h5-13H,1-4H3,(H,23,25)(H,24,26). The molecule has 3 rings (SSSR count). The molecular formula is C22H23N3O3. The average molecular weight is 377 g/mol. The Morgan fingerprint density at radius 1 is 0.929 bits per heavy atom. The van der Waals surface area contributed by atoms with Gasteiger partial charge in [-0.15, -0.1) is 0 Å². The number of rotatable bonds is 6. The molecule has 1 aromatic heterocycles. The van der Waals surface area contributed by atoms with Crippen LogP contribution in [0.15, 0.2) is 54.7 Å². The first-order chi connectivity index (χ1) is 13.5. The van der Waals surface area contributed by atoms with Crippen LogP contribution in [0.3, 0.4) is 0 Å². The molecule has 0 atom stereocenters. The third-order valence-corrected chi connectivity index (χ3v) is 4.32. The SMILES string of the molecule is COc1ccc(NC(=O)c2ccc(Nc3cc(C)ccc3C)nc2)cc1OC. The Morgan fingerprint density at radius 3 is 2.39 bits per heavy atom. The quantitative estimate of drug-likeness (QED) is 0.651. The zero-order valence-corrected chi connectivity index (χ0v) is 16.4. The predicted molar refractivity (Wildman–Crippen MR) is 111 cm³/mol. The molecular weight excluding hydrogens is 354 g/mol. The summed E-state index contributed by atoms with van der Waals surface area (Å²) in [6.07, 6.45) is 1.55. The largest absolute Gasteiger partial charge is 0.493 e. The lowest BCUT2D eigenvalue weighted by Gasteiger charge is -2.11. The normalized spacial score (nSPS) is 10.3. The van der Waals surface area contributed by atoms with E-state index in [4.69, 9.17) is 9.47 Å². The monoisotopic (exact) mass is 377 g/mol. The second-order valence-corrected chi connectivity index (χ2v) is 6.40. The number of ether oxygens (including phenoxy) is 2. The fourth-order valence-electron chi connectivity index (χ4n) is 2.73. The molecule has 0 aliphatic carbocycles. The Morgan fingerprint density at radius 2 is 1.71 bits per heavy atom. The average Bonchev–Trinajstić information content (AvgIpc) is 2.71. The van der Waals surface area contributed by atoms with E-state index in [1.165, 1.54) is 5.56 Å². The van der Waals surface area contributed by atoms with Crippen molar-refractivity contribution in [1.29, 1.82) is 0 Å². The van der Waals surface area contributed by atoms with Crippen molar-refractivity contribution in [3.8, 4) is 11.5 Å². The molecule has 3 aromatic rings. The number of pyridine rings is 1. The van der Waals surface area contributed by atoms with Gasteiger partial charge in [0.1, 0.15) is 5.82 Å². The molecule has 6 heteroatoms. The minimum absolute atomic E-state index is 0.252. The highest BCUT2D eigenvalue weighted by molar-refractivity contribution is 6.04. The first-order valence-corrected chi connectivity index (χ1v) is 8.84. The van der Waals surface area contributed by atoms with Gasteiger partial charge in [-0.25, -0.2) is 4.98 Å². The number of carbonyl (C=O) groups is 1. The van der Waals surface area contributed by atoms with E-state index < -0.39 is 0 Å². The number of aryl methyl sites for hydroxylation is 2. The molecule has 0 aliphatic rings. The topological polar surface area (TPSA) is 72.5 Å². The molecule has 28 heavy (non-hydrogen) atoms. The minimum atomic E-state index is -0.252. The summed E-state index contributed by atoms with van der Waals surface area (Å²) in [5, 5.41) is 6.12. The molecule has 0 bridgehead atoms. The van der Waals surface area contributed by atoms with Gasteiger partial charge in [0.15, 0.2) is 11.5 Å². The third kappa shape index (κ3) is 4.40. The van der Waals surface area contributed by atoms with Gasteiger partial charge in [-0.2, -0.15) is 0 Å². The van der Waals surface area contributed by atoms with Crippen molar-refractivity contribution < 1.29 is 14.3 Å². The third-order valence-electron chi connectivity index (χ3n) is 4.32. The van der Waals surface area contributed by atoms with Crippen molar-refractivity contribution in [3.63, 3.8) is 0 Å². The van der Waals surface area contributed by atoms with E-state index in [2.05, 4.69) is 33.8 Å². The Kier molecular flexibility index (Phi) is 5.79. The number of nitrogens with zero attached hydrogens (tertiary/aromatic N) is 1. The van der Waals surface area contributed by atoms with Gasteiger partial charge < -0.3 is 20.1 Å². The van der Waals surface area contributed by atoms with Gasteiger partial charge in [-0.1, -0.05) is 12.1 Å². The van der Waals surface area contributed by atoms with Gasteiger partial charge in [-0.05, 0) is 55.3 Å². The summed E-state index contributed by atoms with van der Waals surface area (Å²) in [7, 11) is 3.12. The first-order valence-electron chi connectivity index (χ1n) is 8.84. The van der Waals surface area contributed by atoms with Crippen LogP contribution in [-0.2, 0) is 0 Å². The van der Waals surface area contributed by atoms with Crippen molar-refractivity contribution in [3.05, 3.63) is 71.4 Å². The lowest BCUT2D eigenvalue weighted by Crippen LogP contribution is -2.12. The van der Waals surface area contributed by atoms with Crippen LogP contribution in [0.1, 0.15) is 21.5 Å². The number of benzene rings is 2. The molecule has 0 saturated heterocycles. The molecule has 0 unspecified atom stereocenters. The van der Waals surface area contributed by atoms with Crippen molar-refractivity contribution in [1.82, 2.24) is 4.98 Å². The Hall–Kier alpha value is -3.54. The highest BCUT2D eigenvalue weighted by Gasteiger charge is 2.10. The number of hydrogen-bond donors (Lipinski definition) is 2. The van der Waals surface area contributed by atoms with Gasteiger partial charge in [0, 0.05) is 23.6 Å². The Labute approximate surface area is 164 Å². The predicted octanol–water partition coefficient (Wildman–Crippen LogP) is 4.71. The number of carbonyl (C=O) groups excluding carboxylic acids is 1. The van der Waals surface area contributed by atoms with Crippen molar-refractivity contribution in [2.45, 2.75) is 13.8 Å². The highest BCUT2D eigenvalue weighted by Crippen LogP contribution is 2.30. The van der Waals surface area contributed by atoms with E-state index in [1.807, 2.05) is 13.8 Å². The summed E-state index contributed by atoms with van der Waals surface area (Å²) < 4.78 is 10.5. The second kappa shape index (κ2) is 8.43. The van der Waals surface area contributed by atoms with Crippen LogP contribution < -0.4 is 20.1 Å². The maximum Gasteiger partial charge on any atom is 0.257 e. The van der Waals surface area contributed by atoms with Crippen molar-refractivity contribution in [2.24, 2.45) is 0 Å². The van der Waals surface area contributed by atoms with E-state index in [1.54, 1.807) is 50.7 Å². The van der Waals surface area contributed by atoms with E-state index in [-0.39, 0.29) is 5.91 Å². The summed E-state index contributed by atoms with van der Waals surface area (Å²) in [5.41, 5.74) is 4.36. The van der Waals surface area contributed by atoms with Crippen molar-refractivity contribution >= 4 is 23.1 Å². The summed E-state index contributed by atoms with van der Waals surface area (Å²) >= 11 is 0. The summed E-state index contributed by atoms with van der Waals surface area (Å²) in [5.74, 6) is 1.57. The number of hydrogen-bond acceptors (Lipinski definition) is 5. The van der Waals surface area contributed by atoms with Crippen molar-refractivity contribution in [2.75, 3.05) is 24.9 Å². The van der Waals surface area contributed by atoms with E-state index in [9.17, 15) is 4.79 Å². The highest BCUT2D eigenvalue weighted by atomic mass is 16.5. The lowest BCUT2D eigenvalue weighted by atomic mass is 10.1. The molecule has 0 fully saturated rings. The van der Waals surface area contributed by atoms with Gasteiger partial charge in [0.2, 0.25) is 0 Å². The van der Waals surface area contributed by atoms with Crippen LogP contribution >= 0.6 is 0 Å². The number of methoxy groups -OCH3 is 2. The maximum absolute atomic E-state index is 12.5. The molecule has 1 amide bonds. The van der Waals surface area contributed by atoms with Gasteiger partial charge in [0.05, 0.1) is 19.8 Å². The van der Waals surface area contributed by atoms with Crippen LogP contribution in [0.25, 0.3) is 0 Å². The molecule has 2 N–H and O–H groups in total. The van der Waals surface area contributed by atoms with Gasteiger partial charge >= 0.3 is 0 Å². The van der Waals surface area contributed by atoms with Crippen LogP contribution in [0, 0.1) is 13.8 Å². The molecule has 6 nitrogen and oxygen atoms in total. The van der Waals surface area contributed by atoms with E-state index in [0.717, 1.165) is 11.3 Å². The van der Waals surface area contributed by atoms with Gasteiger partial charge in [0.25, 0.3) is 5.91 Å². The molecule has 0 aliphatic heterocycles. The molecule has 0 spiro atoms.